The monoisotopic (exact) mass is 277 g/mol. The van der Waals surface area contributed by atoms with Gasteiger partial charge in [-0.3, -0.25) is 4.68 Å². The first-order valence-corrected chi connectivity index (χ1v) is 6.89. The number of hydrogen-bond donors (Lipinski definition) is 1. The lowest BCUT2D eigenvalue weighted by Crippen LogP contribution is -2.16. The third-order valence-electron chi connectivity index (χ3n) is 2.92. The lowest BCUT2D eigenvalue weighted by atomic mass is 10.2. The van der Waals surface area contributed by atoms with Crippen molar-refractivity contribution in [2.24, 2.45) is 0 Å². The highest BCUT2D eigenvalue weighted by Gasteiger charge is 2.09. The molecule has 0 radical (unpaired) electrons. The number of hydrogen-bond acceptors (Lipinski definition) is 3. The quantitative estimate of drug-likeness (QED) is 0.754. The molecule has 1 N–H and O–H groups in total. The van der Waals surface area contributed by atoms with Gasteiger partial charge in [0.2, 0.25) is 0 Å². The van der Waals surface area contributed by atoms with Crippen LogP contribution >= 0.6 is 0 Å². The number of rotatable bonds is 8. The normalized spacial score (nSPS) is 10.7. The van der Waals surface area contributed by atoms with Crippen LogP contribution in [0.5, 0.6) is 5.75 Å². The predicted octanol–water partition coefficient (Wildman–Crippen LogP) is 2.60. The summed E-state index contributed by atoms with van der Waals surface area (Å²) in [6.07, 6.45) is 4.61. The van der Waals surface area contributed by atoms with Crippen molar-refractivity contribution in [2.45, 2.75) is 26.4 Å². The first-order valence-electron chi connectivity index (χ1n) is 6.89. The van der Waals surface area contributed by atoms with Gasteiger partial charge in [-0.2, -0.15) is 5.10 Å². The molecule has 2 aromatic rings. The van der Waals surface area contributed by atoms with Crippen LogP contribution in [-0.4, -0.2) is 22.9 Å². The SMILES string of the molecule is CCCNCc1cccc(F)c1OCCn1cccn1. The Kier molecular flexibility index (Phi) is 5.55. The van der Waals surface area contributed by atoms with Crippen molar-refractivity contribution in [2.75, 3.05) is 13.2 Å². The van der Waals surface area contributed by atoms with Crippen molar-refractivity contribution in [3.05, 3.63) is 48.0 Å². The number of nitrogens with zero attached hydrogens (tertiary/aromatic N) is 2. The first kappa shape index (κ1) is 14.5. The summed E-state index contributed by atoms with van der Waals surface area (Å²) >= 11 is 0. The van der Waals surface area contributed by atoms with E-state index in [0.717, 1.165) is 18.5 Å². The summed E-state index contributed by atoms with van der Waals surface area (Å²) in [6, 6.07) is 6.86. The Balaban J connectivity index is 1.94. The molecule has 2 rings (SSSR count). The van der Waals surface area contributed by atoms with Crippen molar-refractivity contribution in [3.63, 3.8) is 0 Å². The van der Waals surface area contributed by atoms with E-state index in [1.54, 1.807) is 16.9 Å². The largest absolute Gasteiger partial charge is 0.488 e. The molecule has 1 aromatic heterocycles. The topological polar surface area (TPSA) is 39.1 Å². The molecule has 0 unspecified atom stereocenters. The summed E-state index contributed by atoms with van der Waals surface area (Å²) in [5.41, 5.74) is 0.846. The molecule has 1 aromatic carbocycles. The third kappa shape index (κ3) is 4.06. The van der Waals surface area contributed by atoms with Gasteiger partial charge >= 0.3 is 0 Å². The van der Waals surface area contributed by atoms with E-state index in [4.69, 9.17) is 4.74 Å². The number of ether oxygens (including phenoxy) is 1. The van der Waals surface area contributed by atoms with E-state index in [1.807, 2.05) is 18.3 Å². The molecular weight excluding hydrogens is 257 g/mol. The average molecular weight is 277 g/mol. The molecule has 0 amide bonds. The highest BCUT2D eigenvalue weighted by molar-refractivity contribution is 5.34. The van der Waals surface area contributed by atoms with E-state index >= 15 is 0 Å². The summed E-state index contributed by atoms with van der Waals surface area (Å²) in [4.78, 5) is 0. The van der Waals surface area contributed by atoms with Crippen LogP contribution in [0.2, 0.25) is 0 Å². The Hall–Kier alpha value is -1.88. The van der Waals surface area contributed by atoms with Crippen LogP contribution in [0.15, 0.2) is 36.7 Å². The Bertz CT molecular complexity index is 514. The van der Waals surface area contributed by atoms with Crippen molar-refractivity contribution in [1.82, 2.24) is 15.1 Å². The van der Waals surface area contributed by atoms with Crippen molar-refractivity contribution < 1.29 is 9.13 Å². The Morgan fingerprint density at radius 3 is 3.00 bits per heavy atom. The van der Waals surface area contributed by atoms with Gasteiger partial charge < -0.3 is 10.1 Å². The predicted molar refractivity (Wildman–Crippen MR) is 76.1 cm³/mol. The van der Waals surface area contributed by atoms with Gasteiger partial charge in [-0.15, -0.1) is 0 Å². The van der Waals surface area contributed by atoms with Gasteiger partial charge in [0.25, 0.3) is 0 Å². The molecule has 5 heteroatoms. The molecule has 108 valence electrons. The Morgan fingerprint density at radius 1 is 1.35 bits per heavy atom. The van der Waals surface area contributed by atoms with Crippen LogP contribution in [0.25, 0.3) is 0 Å². The Morgan fingerprint density at radius 2 is 2.25 bits per heavy atom. The van der Waals surface area contributed by atoms with Crippen LogP contribution in [0.4, 0.5) is 4.39 Å². The molecule has 4 nitrogen and oxygen atoms in total. The summed E-state index contributed by atoms with van der Waals surface area (Å²) in [5, 5.41) is 7.34. The second kappa shape index (κ2) is 7.65. The van der Waals surface area contributed by atoms with Gasteiger partial charge in [0, 0.05) is 24.5 Å². The second-order valence-corrected chi connectivity index (χ2v) is 4.52. The minimum atomic E-state index is -0.318. The van der Waals surface area contributed by atoms with E-state index in [9.17, 15) is 4.39 Å². The maximum atomic E-state index is 13.8. The molecule has 20 heavy (non-hydrogen) atoms. The zero-order chi connectivity index (χ0) is 14.2. The molecule has 0 bridgehead atoms. The number of aromatic nitrogens is 2. The van der Waals surface area contributed by atoms with Crippen LogP contribution < -0.4 is 10.1 Å². The maximum Gasteiger partial charge on any atom is 0.165 e. The number of benzene rings is 1. The van der Waals surface area contributed by atoms with E-state index in [-0.39, 0.29) is 5.82 Å². The highest BCUT2D eigenvalue weighted by Crippen LogP contribution is 2.22. The standard InChI is InChI=1S/C15H20FN3O/c1-2-7-17-12-13-5-3-6-14(16)15(13)20-11-10-19-9-4-8-18-19/h3-6,8-9,17H,2,7,10-12H2,1H3. The zero-order valence-corrected chi connectivity index (χ0v) is 11.7. The maximum absolute atomic E-state index is 13.8. The summed E-state index contributed by atoms with van der Waals surface area (Å²) in [6.45, 7) is 4.61. The van der Waals surface area contributed by atoms with E-state index in [0.29, 0.717) is 25.4 Å². The van der Waals surface area contributed by atoms with Gasteiger partial charge in [-0.25, -0.2) is 4.39 Å². The molecule has 1 heterocycles. The van der Waals surface area contributed by atoms with Gasteiger partial charge in [0.1, 0.15) is 6.61 Å². The lowest BCUT2D eigenvalue weighted by molar-refractivity contribution is 0.275. The van der Waals surface area contributed by atoms with Crippen molar-refractivity contribution in [1.29, 1.82) is 0 Å². The fraction of sp³-hybridized carbons (Fsp3) is 0.400. The van der Waals surface area contributed by atoms with E-state index < -0.39 is 0 Å². The number of nitrogens with one attached hydrogen (secondary N) is 1. The van der Waals surface area contributed by atoms with Crippen LogP contribution in [0, 0.1) is 5.82 Å². The van der Waals surface area contributed by atoms with Gasteiger partial charge in [0.05, 0.1) is 6.54 Å². The zero-order valence-electron chi connectivity index (χ0n) is 11.7. The van der Waals surface area contributed by atoms with E-state index in [2.05, 4.69) is 17.3 Å². The van der Waals surface area contributed by atoms with Crippen LogP contribution in [-0.2, 0) is 13.1 Å². The third-order valence-corrected chi connectivity index (χ3v) is 2.92. The summed E-state index contributed by atoms with van der Waals surface area (Å²) in [5.74, 6) is 0.0181. The second-order valence-electron chi connectivity index (χ2n) is 4.52. The molecule has 0 aliphatic carbocycles. The molecule has 0 saturated heterocycles. The van der Waals surface area contributed by atoms with Gasteiger partial charge in [-0.05, 0) is 25.1 Å². The fourth-order valence-corrected chi connectivity index (χ4v) is 1.93. The van der Waals surface area contributed by atoms with E-state index in [1.165, 1.54) is 6.07 Å². The Labute approximate surface area is 118 Å². The van der Waals surface area contributed by atoms with Crippen LogP contribution in [0.3, 0.4) is 0 Å². The molecule has 0 aliphatic rings. The smallest absolute Gasteiger partial charge is 0.165 e. The molecule has 0 atom stereocenters. The fourth-order valence-electron chi connectivity index (χ4n) is 1.93. The number of para-hydroxylation sites is 1. The number of halogens is 1. The minimum absolute atomic E-state index is 0.318. The van der Waals surface area contributed by atoms with Crippen LogP contribution in [0.1, 0.15) is 18.9 Å². The molecule has 0 spiro atoms. The van der Waals surface area contributed by atoms with Crippen molar-refractivity contribution >= 4 is 0 Å². The molecular formula is C15H20FN3O. The first-order chi connectivity index (χ1) is 9.81. The highest BCUT2D eigenvalue weighted by atomic mass is 19.1. The minimum Gasteiger partial charge on any atom is -0.488 e. The summed E-state index contributed by atoms with van der Waals surface area (Å²) < 4.78 is 21.2. The van der Waals surface area contributed by atoms with Crippen molar-refractivity contribution in [3.8, 4) is 5.75 Å². The summed E-state index contributed by atoms with van der Waals surface area (Å²) in [7, 11) is 0. The van der Waals surface area contributed by atoms with Gasteiger partial charge in [-0.1, -0.05) is 19.1 Å². The molecule has 0 fully saturated rings. The average Bonchev–Trinajstić information content (AvgIpc) is 2.95. The molecule has 0 saturated carbocycles. The van der Waals surface area contributed by atoms with Gasteiger partial charge in [0.15, 0.2) is 11.6 Å². The lowest BCUT2D eigenvalue weighted by Gasteiger charge is -2.13. The molecule has 0 aliphatic heterocycles.